The third-order valence-electron chi connectivity index (χ3n) is 3.19. The van der Waals surface area contributed by atoms with E-state index < -0.39 is 0 Å². The second kappa shape index (κ2) is 5.76. The number of hydrogen-bond donors (Lipinski definition) is 1. The first-order valence-corrected chi connectivity index (χ1v) is 6.57. The van der Waals surface area contributed by atoms with E-state index in [1.165, 1.54) is 0 Å². The summed E-state index contributed by atoms with van der Waals surface area (Å²) in [5, 5.41) is 4.01. The van der Waals surface area contributed by atoms with Gasteiger partial charge in [0.05, 0.1) is 7.11 Å². The van der Waals surface area contributed by atoms with Gasteiger partial charge in [0, 0.05) is 17.7 Å². The molecule has 1 aromatic heterocycles. The monoisotopic (exact) mass is 281 g/mol. The zero-order chi connectivity index (χ0) is 14.7. The number of benzene rings is 2. The molecule has 0 unspecified atom stereocenters. The van der Waals surface area contributed by atoms with Crippen molar-refractivity contribution in [3.63, 3.8) is 0 Å². The SMILES string of the molecule is COc1cccc(-c2noc(-c3ccc(CN)cc3)n2)c1. The Morgan fingerprint density at radius 1 is 1.10 bits per heavy atom. The van der Waals surface area contributed by atoms with Gasteiger partial charge in [-0.25, -0.2) is 0 Å². The second-order valence-corrected chi connectivity index (χ2v) is 4.56. The first-order chi connectivity index (χ1) is 10.3. The van der Waals surface area contributed by atoms with Crippen molar-refractivity contribution >= 4 is 0 Å². The Labute approximate surface area is 122 Å². The molecule has 0 radical (unpaired) electrons. The van der Waals surface area contributed by atoms with Gasteiger partial charge < -0.3 is 15.0 Å². The summed E-state index contributed by atoms with van der Waals surface area (Å²) < 4.78 is 10.5. The van der Waals surface area contributed by atoms with E-state index in [4.69, 9.17) is 15.0 Å². The number of aromatic nitrogens is 2. The summed E-state index contributed by atoms with van der Waals surface area (Å²) >= 11 is 0. The van der Waals surface area contributed by atoms with E-state index in [0.29, 0.717) is 18.3 Å². The van der Waals surface area contributed by atoms with Crippen molar-refractivity contribution in [3.05, 3.63) is 54.1 Å². The average Bonchev–Trinajstić information content (AvgIpc) is 3.05. The average molecular weight is 281 g/mol. The smallest absolute Gasteiger partial charge is 0.258 e. The zero-order valence-corrected chi connectivity index (χ0v) is 11.6. The van der Waals surface area contributed by atoms with Gasteiger partial charge in [-0.1, -0.05) is 29.4 Å². The van der Waals surface area contributed by atoms with Crippen LogP contribution in [-0.2, 0) is 6.54 Å². The maximum absolute atomic E-state index is 5.58. The van der Waals surface area contributed by atoms with Gasteiger partial charge in [-0.2, -0.15) is 4.98 Å². The predicted molar refractivity (Wildman–Crippen MR) is 79.6 cm³/mol. The largest absolute Gasteiger partial charge is 0.497 e. The van der Waals surface area contributed by atoms with Gasteiger partial charge in [-0.3, -0.25) is 0 Å². The number of ether oxygens (including phenoxy) is 1. The summed E-state index contributed by atoms with van der Waals surface area (Å²) in [5.74, 6) is 1.77. The van der Waals surface area contributed by atoms with Gasteiger partial charge in [0.2, 0.25) is 5.82 Å². The topological polar surface area (TPSA) is 74.2 Å². The Morgan fingerprint density at radius 2 is 1.90 bits per heavy atom. The van der Waals surface area contributed by atoms with Crippen molar-refractivity contribution in [1.82, 2.24) is 10.1 Å². The molecule has 21 heavy (non-hydrogen) atoms. The second-order valence-electron chi connectivity index (χ2n) is 4.56. The highest BCUT2D eigenvalue weighted by Gasteiger charge is 2.11. The lowest BCUT2D eigenvalue weighted by atomic mass is 10.1. The summed E-state index contributed by atoms with van der Waals surface area (Å²) in [4.78, 5) is 4.42. The maximum Gasteiger partial charge on any atom is 0.258 e. The third kappa shape index (κ3) is 2.78. The fourth-order valence-corrected chi connectivity index (χ4v) is 2.00. The molecule has 3 rings (SSSR count). The highest BCUT2D eigenvalue weighted by Crippen LogP contribution is 2.24. The predicted octanol–water partition coefficient (Wildman–Crippen LogP) is 2.87. The number of nitrogens with zero attached hydrogens (tertiary/aromatic N) is 2. The molecule has 0 saturated heterocycles. The van der Waals surface area contributed by atoms with Crippen LogP contribution >= 0.6 is 0 Å². The van der Waals surface area contributed by atoms with Crippen molar-refractivity contribution in [2.45, 2.75) is 6.54 Å². The lowest BCUT2D eigenvalue weighted by Gasteiger charge is -2.00. The Morgan fingerprint density at radius 3 is 2.62 bits per heavy atom. The standard InChI is InChI=1S/C16H15N3O2/c1-20-14-4-2-3-13(9-14)15-18-16(21-19-15)12-7-5-11(10-17)6-8-12/h2-9H,10,17H2,1H3. The van der Waals surface area contributed by atoms with Gasteiger partial charge in [0.15, 0.2) is 0 Å². The molecule has 0 fully saturated rings. The van der Waals surface area contributed by atoms with Crippen molar-refractivity contribution < 1.29 is 9.26 Å². The Balaban J connectivity index is 1.91. The normalized spacial score (nSPS) is 10.6. The molecule has 106 valence electrons. The van der Waals surface area contributed by atoms with Gasteiger partial charge in [-0.15, -0.1) is 0 Å². The molecule has 0 bridgehead atoms. The number of methoxy groups -OCH3 is 1. The summed E-state index contributed by atoms with van der Waals surface area (Å²) in [6, 6.07) is 15.3. The van der Waals surface area contributed by atoms with E-state index in [2.05, 4.69) is 10.1 Å². The van der Waals surface area contributed by atoms with Crippen LogP contribution in [0.3, 0.4) is 0 Å². The Bertz CT molecular complexity index is 735. The van der Waals surface area contributed by atoms with E-state index in [1.54, 1.807) is 7.11 Å². The van der Waals surface area contributed by atoms with Crippen molar-refractivity contribution in [3.8, 4) is 28.6 Å². The maximum atomic E-state index is 5.58. The van der Waals surface area contributed by atoms with Gasteiger partial charge in [0.25, 0.3) is 5.89 Å². The van der Waals surface area contributed by atoms with Crippen molar-refractivity contribution in [1.29, 1.82) is 0 Å². The molecule has 0 saturated carbocycles. The van der Waals surface area contributed by atoms with Crippen LogP contribution < -0.4 is 10.5 Å². The fraction of sp³-hybridized carbons (Fsp3) is 0.125. The molecular weight excluding hydrogens is 266 g/mol. The molecule has 2 aromatic carbocycles. The van der Waals surface area contributed by atoms with Crippen LogP contribution in [0.15, 0.2) is 53.1 Å². The van der Waals surface area contributed by atoms with Crippen molar-refractivity contribution in [2.75, 3.05) is 7.11 Å². The van der Waals surface area contributed by atoms with Crippen LogP contribution in [0, 0.1) is 0 Å². The van der Waals surface area contributed by atoms with Crippen LogP contribution in [0.5, 0.6) is 5.75 Å². The number of hydrogen-bond acceptors (Lipinski definition) is 5. The molecule has 0 atom stereocenters. The van der Waals surface area contributed by atoms with E-state index >= 15 is 0 Å². The van der Waals surface area contributed by atoms with Crippen LogP contribution in [0.25, 0.3) is 22.8 Å². The molecule has 0 aliphatic heterocycles. The highest BCUT2D eigenvalue weighted by molar-refractivity contribution is 5.61. The number of nitrogens with two attached hydrogens (primary N) is 1. The van der Waals surface area contributed by atoms with Gasteiger partial charge in [-0.05, 0) is 29.8 Å². The minimum Gasteiger partial charge on any atom is -0.497 e. The van der Waals surface area contributed by atoms with Crippen LogP contribution in [0.4, 0.5) is 0 Å². The zero-order valence-electron chi connectivity index (χ0n) is 11.6. The van der Waals surface area contributed by atoms with E-state index in [0.717, 1.165) is 22.4 Å². The molecule has 5 nitrogen and oxygen atoms in total. The summed E-state index contributed by atoms with van der Waals surface area (Å²) in [6.45, 7) is 0.513. The fourth-order valence-electron chi connectivity index (χ4n) is 2.00. The first kappa shape index (κ1) is 13.3. The summed E-state index contributed by atoms with van der Waals surface area (Å²) in [6.07, 6.45) is 0. The van der Waals surface area contributed by atoms with Crippen LogP contribution in [0.1, 0.15) is 5.56 Å². The third-order valence-corrected chi connectivity index (χ3v) is 3.19. The Hall–Kier alpha value is -2.66. The van der Waals surface area contributed by atoms with E-state index in [9.17, 15) is 0 Å². The minimum atomic E-state index is 0.483. The first-order valence-electron chi connectivity index (χ1n) is 6.57. The minimum absolute atomic E-state index is 0.483. The lowest BCUT2D eigenvalue weighted by Crippen LogP contribution is -1.95. The molecule has 1 heterocycles. The van der Waals surface area contributed by atoms with Gasteiger partial charge in [0.1, 0.15) is 5.75 Å². The summed E-state index contributed by atoms with van der Waals surface area (Å²) in [7, 11) is 1.62. The molecule has 0 amide bonds. The Kier molecular flexibility index (Phi) is 3.66. The van der Waals surface area contributed by atoms with E-state index in [1.807, 2.05) is 48.5 Å². The molecule has 3 aromatic rings. The highest BCUT2D eigenvalue weighted by atomic mass is 16.5. The van der Waals surface area contributed by atoms with Crippen molar-refractivity contribution in [2.24, 2.45) is 5.73 Å². The molecule has 0 spiro atoms. The molecule has 2 N–H and O–H groups in total. The molecule has 0 aliphatic rings. The molecule has 0 aliphatic carbocycles. The van der Waals surface area contributed by atoms with Crippen LogP contribution in [0.2, 0.25) is 0 Å². The molecule has 5 heteroatoms. The van der Waals surface area contributed by atoms with E-state index in [-0.39, 0.29) is 0 Å². The summed E-state index contributed by atoms with van der Waals surface area (Å²) in [5.41, 5.74) is 8.36. The number of rotatable bonds is 4. The van der Waals surface area contributed by atoms with Gasteiger partial charge >= 0.3 is 0 Å². The molecular formula is C16H15N3O2. The lowest BCUT2D eigenvalue weighted by molar-refractivity contribution is 0.414. The quantitative estimate of drug-likeness (QED) is 0.796. The van der Waals surface area contributed by atoms with Crippen LogP contribution in [-0.4, -0.2) is 17.3 Å².